The molecule has 2 fully saturated rings. The number of likely N-dealkylation sites (tertiary alicyclic amines) is 2. The maximum Gasteiger partial charge on any atom is 0.253 e. The summed E-state index contributed by atoms with van der Waals surface area (Å²) in [6.45, 7) is 7.58. The lowest BCUT2D eigenvalue weighted by molar-refractivity contribution is -0.130. The maximum absolute atomic E-state index is 11.8. The Bertz CT molecular complexity index is 607. The van der Waals surface area contributed by atoms with E-state index in [0.717, 1.165) is 58.5 Å². The van der Waals surface area contributed by atoms with Crippen LogP contribution in [0.15, 0.2) is 23.4 Å². The fraction of sp³-hybridized carbons (Fsp3) is 0.722. The highest BCUT2D eigenvalue weighted by molar-refractivity contribution is 5.73. The van der Waals surface area contributed by atoms with E-state index in [1.807, 2.05) is 4.90 Å². The lowest BCUT2D eigenvalue weighted by Crippen LogP contribution is -2.45. The van der Waals surface area contributed by atoms with Crippen LogP contribution in [0, 0.1) is 11.8 Å². The van der Waals surface area contributed by atoms with Gasteiger partial charge < -0.3 is 9.80 Å². The molecule has 1 aromatic heterocycles. The van der Waals surface area contributed by atoms with Crippen molar-refractivity contribution < 1.29 is 4.79 Å². The van der Waals surface area contributed by atoms with Gasteiger partial charge in [0.25, 0.3) is 5.56 Å². The first kappa shape index (κ1) is 17.1. The minimum Gasteiger partial charge on any atom is -0.343 e. The van der Waals surface area contributed by atoms with Crippen molar-refractivity contribution in [2.24, 2.45) is 11.8 Å². The van der Waals surface area contributed by atoms with Gasteiger partial charge in [0.15, 0.2) is 0 Å². The predicted molar refractivity (Wildman–Crippen MR) is 92.6 cm³/mol. The Morgan fingerprint density at radius 1 is 1.17 bits per heavy atom. The summed E-state index contributed by atoms with van der Waals surface area (Å²) in [6.07, 6.45) is 7.82. The number of carbonyl (C=O) groups is 1. The third-order valence-corrected chi connectivity index (χ3v) is 5.44. The summed E-state index contributed by atoms with van der Waals surface area (Å²) in [5, 5.41) is 0. The van der Waals surface area contributed by atoms with Gasteiger partial charge in [0.1, 0.15) is 0 Å². The summed E-state index contributed by atoms with van der Waals surface area (Å²) in [5.74, 6) is 1.38. The van der Waals surface area contributed by atoms with Gasteiger partial charge in [-0.2, -0.15) is 0 Å². The molecule has 6 heteroatoms. The van der Waals surface area contributed by atoms with Crippen molar-refractivity contribution in [2.45, 2.75) is 39.2 Å². The van der Waals surface area contributed by atoms with Crippen LogP contribution in [0.3, 0.4) is 0 Å². The molecule has 2 saturated heterocycles. The molecule has 24 heavy (non-hydrogen) atoms. The molecule has 0 saturated carbocycles. The van der Waals surface area contributed by atoms with Crippen LogP contribution in [0.1, 0.15) is 32.6 Å². The first-order valence-electron chi connectivity index (χ1n) is 9.10. The van der Waals surface area contributed by atoms with Crippen molar-refractivity contribution in [1.82, 2.24) is 19.4 Å². The van der Waals surface area contributed by atoms with Crippen molar-refractivity contribution in [3.05, 3.63) is 28.9 Å². The van der Waals surface area contributed by atoms with E-state index in [1.54, 1.807) is 24.0 Å². The van der Waals surface area contributed by atoms with Gasteiger partial charge in [0, 0.05) is 45.4 Å². The van der Waals surface area contributed by atoms with E-state index >= 15 is 0 Å². The number of amides is 1. The van der Waals surface area contributed by atoms with Crippen molar-refractivity contribution in [2.75, 3.05) is 32.7 Å². The van der Waals surface area contributed by atoms with Gasteiger partial charge in [-0.25, -0.2) is 4.98 Å². The van der Waals surface area contributed by atoms with E-state index in [9.17, 15) is 9.59 Å². The van der Waals surface area contributed by atoms with Gasteiger partial charge in [0.2, 0.25) is 5.91 Å². The topological polar surface area (TPSA) is 58.4 Å². The van der Waals surface area contributed by atoms with Gasteiger partial charge >= 0.3 is 0 Å². The second-order valence-electron chi connectivity index (χ2n) is 7.29. The number of piperidine rings is 2. The molecule has 2 aliphatic rings. The van der Waals surface area contributed by atoms with Crippen molar-refractivity contribution in [3.63, 3.8) is 0 Å². The van der Waals surface area contributed by atoms with E-state index in [4.69, 9.17) is 0 Å². The monoisotopic (exact) mass is 332 g/mol. The number of rotatable bonds is 4. The Balaban J connectivity index is 1.44. The Morgan fingerprint density at radius 2 is 1.96 bits per heavy atom. The molecule has 0 aliphatic carbocycles. The average molecular weight is 332 g/mol. The van der Waals surface area contributed by atoms with Crippen LogP contribution in [-0.4, -0.2) is 58.0 Å². The quantitative estimate of drug-likeness (QED) is 0.832. The lowest BCUT2D eigenvalue weighted by Gasteiger charge is -2.38. The molecular weight excluding hydrogens is 304 g/mol. The van der Waals surface area contributed by atoms with E-state index in [0.29, 0.717) is 11.8 Å². The van der Waals surface area contributed by atoms with Crippen LogP contribution in [-0.2, 0) is 11.3 Å². The van der Waals surface area contributed by atoms with Gasteiger partial charge in [-0.1, -0.05) is 0 Å². The van der Waals surface area contributed by atoms with E-state index < -0.39 is 0 Å². The second-order valence-corrected chi connectivity index (χ2v) is 7.29. The minimum absolute atomic E-state index is 0.0407. The van der Waals surface area contributed by atoms with Crippen LogP contribution in [0.2, 0.25) is 0 Å². The molecule has 132 valence electrons. The summed E-state index contributed by atoms with van der Waals surface area (Å²) >= 11 is 0. The molecule has 0 N–H and O–H groups in total. The van der Waals surface area contributed by atoms with E-state index in [1.165, 1.54) is 12.5 Å². The molecular formula is C18H28N4O2. The molecule has 3 heterocycles. The Kier molecular flexibility index (Phi) is 5.66. The smallest absolute Gasteiger partial charge is 0.253 e. The standard InChI is InChI=1S/C18H28N4O2/c1-15(23)21-8-2-3-17(13-21)11-20-9-5-16(6-10-20)12-22-14-19-7-4-18(22)24/h4,7,14,16-17H,2-3,5-6,8-13H2,1H3. The van der Waals surface area contributed by atoms with E-state index in [-0.39, 0.29) is 11.5 Å². The summed E-state index contributed by atoms with van der Waals surface area (Å²) in [7, 11) is 0. The lowest BCUT2D eigenvalue weighted by atomic mass is 9.93. The van der Waals surface area contributed by atoms with Gasteiger partial charge in [-0.05, 0) is 50.6 Å². The zero-order chi connectivity index (χ0) is 16.9. The number of carbonyl (C=O) groups excluding carboxylic acids is 1. The first-order chi connectivity index (χ1) is 11.6. The molecule has 3 rings (SSSR count). The number of nitrogens with zero attached hydrogens (tertiary/aromatic N) is 4. The summed E-state index contributed by atoms with van der Waals surface area (Å²) in [6, 6.07) is 1.53. The van der Waals surface area contributed by atoms with Crippen LogP contribution in [0.4, 0.5) is 0 Å². The van der Waals surface area contributed by atoms with E-state index in [2.05, 4.69) is 9.88 Å². The van der Waals surface area contributed by atoms with Crippen molar-refractivity contribution >= 4 is 5.91 Å². The Morgan fingerprint density at radius 3 is 2.67 bits per heavy atom. The average Bonchev–Trinajstić information content (AvgIpc) is 2.59. The molecule has 0 bridgehead atoms. The molecule has 2 aliphatic heterocycles. The highest BCUT2D eigenvalue weighted by Gasteiger charge is 2.26. The summed E-state index contributed by atoms with van der Waals surface area (Å²) in [4.78, 5) is 31.9. The van der Waals surface area contributed by atoms with Gasteiger partial charge in [0.05, 0.1) is 6.33 Å². The van der Waals surface area contributed by atoms with Crippen LogP contribution in [0.5, 0.6) is 0 Å². The van der Waals surface area contributed by atoms with Gasteiger partial charge in [-0.15, -0.1) is 0 Å². The fourth-order valence-electron chi connectivity index (χ4n) is 4.01. The van der Waals surface area contributed by atoms with Crippen molar-refractivity contribution in [3.8, 4) is 0 Å². The summed E-state index contributed by atoms with van der Waals surface area (Å²) < 4.78 is 1.73. The normalized spacial score (nSPS) is 23.4. The van der Waals surface area contributed by atoms with Crippen LogP contribution in [0.25, 0.3) is 0 Å². The molecule has 1 amide bonds. The SMILES string of the molecule is CC(=O)N1CCCC(CN2CCC(Cn3cnccc3=O)CC2)C1. The van der Waals surface area contributed by atoms with Crippen LogP contribution < -0.4 is 5.56 Å². The molecule has 0 aromatic carbocycles. The van der Waals surface area contributed by atoms with Crippen LogP contribution >= 0.6 is 0 Å². The number of aromatic nitrogens is 2. The maximum atomic E-state index is 11.8. The minimum atomic E-state index is 0.0407. The molecule has 1 aromatic rings. The second kappa shape index (κ2) is 7.92. The molecule has 0 radical (unpaired) electrons. The zero-order valence-electron chi connectivity index (χ0n) is 14.6. The molecule has 1 atom stereocenters. The third-order valence-electron chi connectivity index (χ3n) is 5.44. The van der Waals surface area contributed by atoms with Gasteiger partial charge in [-0.3, -0.25) is 14.2 Å². The van der Waals surface area contributed by atoms with Crippen molar-refractivity contribution in [1.29, 1.82) is 0 Å². The first-order valence-corrected chi connectivity index (χ1v) is 9.10. The number of hydrogen-bond acceptors (Lipinski definition) is 4. The molecule has 6 nitrogen and oxygen atoms in total. The summed E-state index contributed by atoms with van der Waals surface area (Å²) in [5.41, 5.74) is 0.0407. The highest BCUT2D eigenvalue weighted by Crippen LogP contribution is 2.22. The molecule has 0 spiro atoms. The zero-order valence-corrected chi connectivity index (χ0v) is 14.6. The third kappa shape index (κ3) is 4.44. The number of hydrogen-bond donors (Lipinski definition) is 0. The molecule has 1 unspecified atom stereocenters. The largest absolute Gasteiger partial charge is 0.343 e. The predicted octanol–water partition coefficient (Wildman–Crippen LogP) is 1.21. The highest BCUT2D eigenvalue weighted by atomic mass is 16.2. The Labute approximate surface area is 143 Å². The fourth-order valence-corrected chi connectivity index (χ4v) is 4.01. The Hall–Kier alpha value is -1.69.